The fourth-order valence-corrected chi connectivity index (χ4v) is 9.42. The standard InChI is InChI=1S/C46H47N9O3/c1-52(2)40(27-12-7-5-8-13-27)45(56)54-21-11-16-36(54)42-48-32-19-17-29(22-34(32)50-42)39-26-47-44(58-39)30-18-20-33-35(23-30)51-43(49-33)38-25-31-24-37(31)55(38)46(57)41(53(3)4)28-14-9-6-10-15-28/h5-10,12-15,17-20,22-23,26,31,36-38,40-41H,11,16,21,24-25H2,1-4H3,(H,48,50)(H,49,51)/t31-,36+,37+,38+,40-,41-/m1/s1. The number of rotatable bonds is 10. The molecule has 7 aromatic rings. The van der Waals surface area contributed by atoms with Crippen molar-refractivity contribution in [2.24, 2.45) is 5.92 Å². The number of likely N-dealkylation sites (tertiary alicyclic amines) is 2. The lowest BCUT2D eigenvalue weighted by Gasteiger charge is -2.33. The van der Waals surface area contributed by atoms with E-state index >= 15 is 0 Å². The number of aromatic amines is 2. The second-order valence-electron chi connectivity index (χ2n) is 16.5. The summed E-state index contributed by atoms with van der Waals surface area (Å²) >= 11 is 0. The molecule has 12 nitrogen and oxygen atoms in total. The van der Waals surface area contributed by atoms with Crippen LogP contribution in [0.5, 0.6) is 0 Å². The number of nitrogens with one attached hydrogen (secondary N) is 2. The predicted octanol–water partition coefficient (Wildman–Crippen LogP) is 7.69. The minimum atomic E-state index is -0.366. The Morgan fingerprint density at radius 2 is 1.31 bits per heavy atom. The lowest BCUT2D eigenvalue weighted by molar-refractivity contribution is -0.139. The van der Waals surface area contributed by atoms with Crippen LogP contribution in [0.4, 0.5) is 0 Å². The summed E-state index contributed by atoms with van der Waals surface area (Å²) in [5, 5.41) is 0. The Kier molecular flexibility index (Phi) is 8.98. The Hall–Kier alpha value is -6.11. The highest BCUT2D eigenvalue weighted by atomic mass is 16.4. The molecule has 2 N–H and O–H groups in total. The van der Waals surface area contributed by atoms with Gasteiger partial charge in [-0.2, -0.15) is 0 Å². The summed E-state index contributed by atoms with van der Waals surface area (Å²) < 4.78 is 6.36. The number of carbonyl (C=O) groups is 2. The van der Waals surface area contributed by atoms with Crippen molar-refractivity contribution in [3.8, 4) is 22.8 Å². The molecule has 3 aliphatic rings. The van der Waals surface area contributed by atoms with E-state index in [4.69, 9.17) is 14.4 Å². The summed E-state index contributed by atoms with van der Waals surface area (Å²) in [6.07, 6.45) is 5.48. The number of nitrogens with zero attached hydrogens (tertiary/aromatic N) is 7. The number of benzene rings is 4. The molecule has 58 heavy (non-hydrogen) atoms. The number of imidazole rings is 2. The number of oxazole rings is 1. The van der Waals surface area contributed by atoms with Crippen LogP contribution in [0.2, 0.25) is 0 Å². The topological polar surface area (TPSA) is 130 Å². The van der Waals surface area contributed by atoms with Gasteiger partial charge in [-0.15, -0.1) is 0 Å². The third-order valence-corrected chi connectivity index (χ3v) is 12.3. The molecule has 2 aliphatic heterocycles. The van der Waals surface area contributed by atoms with Crippen LogP contribution in [-0.4, -0.2) is 97.1 Å². The van der Waals surface area contributed by atoms with Crippen molar-refractivity contribution in [3.63, 3.8) is 0 Å². The van der Waals surface area contributed by atoms with Gasteiger partial charge in [-0.05, 0) is 107 Å². The molecule has 3 fully saturated rings. The van der Waals surface area contributed by atoms with E-state index < -0.39 is 0 Å². The molecular weight excluding hydrogens is 727 g/mol. The third kappa shape index (κ3) is 6.36. The monoisotopic (exact) mass is 773 g/mol. The molecule has 3 aromatic heterocycles. The fourth-order valence-electron chi connectivity index (χ4n) is 9.42. The molecule has 2 amide bonds. The van der Waals surface area contributed by atoms with Crippen LogP contribution in [0, 0.1) is 5.92 Å². The lowest BCUT2D eigenvalue weighted by Crippen LogP contribution is -2.42. The van der Waals surface area contributed by atoms with Crippen LogP contribution in [-0.2, 0) is 9.59 Å². The zero-order valence-electron chi connectivity index (χ0n) is 33.2. The number of piperidine rings is 1. The number of likely N-dealkylation sites (N-methyl/N-ethyl adjacent to an activating group) is 2. The van der Waals surface area contributed by atoms with E-state index in [0.717, 1.165) is 81.7 Å². The Bertz CT molecular complexity index is 2630. The van der Waals surface area contributed by atoms with Crippen molar-refractivity contribution in [1.29, 1.82) is 0 Å². The second kappa shape index (κ2) is 14.4. The van der Waals surface area contributed by atoms with Crippen molar-refractivity contribution >= 4 is 33.9 Å². The maximum absolute atomic E-state index is 14.2. The highest BCUT2D eigenvalue weighted by Crippen LogP contribution is 2.54. The van der Waals surface area contributed by atoms with Gasteiger partial charge in [-0.3, -0.25) is 19.4 Å². The van der Waals surface area contributed by atoms with E-state index in [9.17, 15) is 9.59 Å². The summed E-state index contributed by atoms with van der Waals surface area (Å²) in [5.74, 6) is 3.46. The maximum atomic E-state index is 14.2. The molecule has 5 heterocycles. The van der Waals surface area contributed by atoms with Gasteiger partial charge >= 0.3 is 0 Å². The molecule has 0 radical (unpaired) electrons. The van der Waals surface area contributed by atoms with Crippen molar-refractivity contribution in [1.82, 2.24) is 44.5 Å². The van der Waals surface area contributed by atoms with Crippen LogP contribution < -0.4 is 0 Å². The number of amides is 2. The highest BCUT2D eigenvalue weighted by molar-refractivity contribution is 5.86. The van der Waals surface area contributed by atoms with Gasteiger partial charge in [0.2, 0.25) is 17.7 Å². The Labute approximate surface area is 336 Å². The summed E-state index contributed by atoms with van der Waals surface area (Å²) in [6, 6.07) is 31.3. The third-order valence-electron chi connectivity index (χ3n) is 12.3. The molecule has 294 valence electrons. The molecule has 1 saturated carbocycles. The molecular formula is C46H47N9O3. The number of fused-ring (bicyclic) bond motifs is 3. The van der Waals surface area contributed by atoms with E-state index in [1.54, 1.807) is 6.20 Å². The van der Waals surface area contributed by atoms with E-state index in [1.807, 2.05) is 140 Å². The Morgan fingerprint density at radius 1 is 0.724 bits per heavy atom. The fraction of sp³-hybridized carbons (Fsp3) is 0.326. The second-order valence-corrected chi connectivity index (χ2v) is 16.5. The molecule has 4 aromatic carbocycles. The SMILES string of the molecule is CN(C)[C@@H](C(=O)N1CCC[C@H]1c1nc2cc(-c3cnc(-c4ccc5[nH]c([C@@H]6C[C@H]7C[C@@H]7N6C(=O)[C@@H](c6ccccc6)N(C)C)nc5c4)o3)ccc2[nH]1)c1ccccc1. The molecule has 2 saturated heterocycles. The normalized spacial score (nSPS) is 21.3. The first-order chi connectivity index (χ1) is 28.2. The quantitative estimate of drug-likeness (QED) is 0.145. The van der Waals surface area contributed by atoms with Crippen LogP contribution in [0.3, 0.4) is 0 Å². The zero-order valence-corrected chi connectivity index (χ0v) is 33.2. The van der Waals surface area contributed by atoms with Crippen LogP contribution >= 0.6 is 0 Å². The molecule has 12 heteroatoms. The van der Waals surface area contributed by atoms with Gasteiger partial charge in [0.25, 0.3) is 0 Å². The minimum Gasteiger partial charge on any atom is -0.436 e. The van der Waals surface area contributed by atoms with Gasteiger partial charge < -0.3 is 24.2 Å². The number of aromatic nitrogens is 5. The Balaban J connectivity index is 0.877. The van der Waals surface area contributed by atoms with Crippen LogP contribution in [0.1, 0.15) is 72.6 Å². The summed E-state index contributed by atoms with van der Waals surface area (Å²) in [4.78, 5) is 58.1. The average molecular weight is 774 g/mol. The maximum Gasteiger partial charge on any atom is 0.245 e. The molecule has 6 atom stereocenters. The molecule has 1 aliphatic carbocycles. The van der Waals surface area contributed by atoms with Gasteiger partial charge in [0, 0.05) is 23.7 Å². The number of hydrogen-bond donors (Lipinski definition) is 2. The summed E-state index contributed by atoms with van der Waals surface area (Å²) in [6.45, 7) is 0.695. The summed E-state index contributed by atoms with van der Waals surface area (Å²) in [5.41, 5.74) is 7.08. The average Bonchev–Trinajstić information content (AvgIpc) is 3.87. The van der Waals surface area contributed by atoms with Crippen molar-refractivity contribution in [2.45, 2.75) is 55.9 Å². The van der Waals surface area contributed by atoms with Crippen LogP contribution in [0.15, 0.2) is 108 Å². The Morgan fingerprint density at radius 3 is 1.95 bits per heavy atom. The minimum absolute atomic E-state index is 0.0855. The first-order valence-electron chi connectivity index (χ1n) is 20.2. The van der Waals surface area contributed by atoms with Gasteiger partial charge in [0.15, 0.2) is 5.76 Å². The van der Waals surface area contributed by atoms with Crippen molar-refractivity contribution < 1.29 is 14.0 Å². The predicted molar refractivity (Wildman–Crippen MR) is 222 cm³/mol. The first-order valence-corrected chi connectivity index (χ1v) is 20.2. The van der Waals surface area contributed by atoms with Gasteiger partial charge in [-0.25, -0.2) is 15.0 Å². The van der Waals surface area contributed by atoms with Gasteiger partial charge in [0.1, 0.15) is 23.7 Å². The highest BCUT2D eigenvalue weighted by Gasteiger charge is 2.56. The first kappa shape index (κ1) is 36.2. The van der Waals surface area contributed by atoms with E-state index in [0.29, 0.717) is 24.1 Å². The van der Waals surface area contributed by atoms with Crippen molar-refractivity contribution in [2.75, 3.05) is 34.7 Å². The van der Waals surface area contributed by atoms with Gasteiger partial charge in [0.05, 0.1) is 40.3 Å². The number of carbonyl (C=O) groups excluding carboxylic acids is 2. The number of H-pyrrole nitrogens is 2. The van der Waals surface area contributed by atoms with E-state index in [1.165, 1.54) is 0 Å². The largest absolute Gasteiger partial charge is 0.436 e. The van der Waals surface area contributed by atoms with Crippen molar-refractivity contribution in [3.05, 3.63) is 126 Å². The lowest BCUT2D eigenvalue weighted by atomic mass is 10.0. The molecule has 10 rings (SSSR count). The van der Waals surface area contributed by atoms with E-state index in [2.05, 4.69) is 19.9 Å². The smallest absolute Gasteiger partial charge is 0.245 e. The molecule has 0 spiro atoms. The summed E-state index contributed by atoms with van der Waals surface area (Å²) in [7, 11) is 7.84. The zero-order chi connectivity index (χ0) is 39.7. The number of hydrogen-bond acceptors (Lipinski definition) is 8. The van der Waals surface area contributed by atoms with Gasteiger partial charge in [-0.1, -0.05) is 60.7 Å². The van der Waals surface area contributed by atoms with E-state index in [-0.39, 0.29) is 42.0 Å². The van der Waals surface area contributed by atoms with Crippen LogP contribution in [0.25, 0.3) is 44.8 Å². The molecule has 0 bridgehead atoms. The molecule has 0 unspecified atom stereocenters.